The van der Waals surface area contributed by atoms with Gasteiger partial charge in [0, 0.05) is 105 Å². The van der Waals surface area contributed by atoms with E-state index in [0.29, 0.717) is 103 Å². The first kappa shape index (κ1) is 148. The second-order valence-electron chi connectivity index (χ2n) is 30.8. The third-order valence-corrected chi connectivity index (χ3v) is 40.9. The second-order valence-corrected chi connectivity index (χ2v) is 55.0. The molecule has 0 spiro atoms. The maximum absolute atomic E-state index is 15.2. The molecule has 70 heteroatoms. The van der Waals surface area contributed by atoms with Crippen molar-refractivity contribution in [2.45, 2.75) is 306 Å². The Labute approximate surface area is 863 Å². The number of phosphoric ester groups is 14. The zero-order valence-electron chi connectivity index (χ0n) is 90.0. The highest BCUT2D eigenvalue weighted by Gasteiger charge is 2.47. The number of hydrogen-bond acceptors (Lipinski definition) is 56. The van der Waals surface area contributed by atoms with E-state index < -0.39 is 293 Å². The normalized spacial score (nSPS) is 20.0. The van der Waals surface area contributed by atoms with Gasteiger partial charge in [0.2, 0.25) is 0 Å². The Hall–Kier alpha value is 1.54. The number of hydrogen-bond donors (Lipinski definition) is 0. The first-order chi connectivity index (χ1) is 68.6. The SMILES string of the molecule is CCC(CC)OP(=O)(OC)OCC(COP(=O)(OC)OC(CC)CC)OP(=O)(OC)OCC(COP(=O)(OC)OC(COP(=O)(OC)OC(CC)CC)COP(=O)(OC)OC(CC)CC)OP(=O)(OC)OCC(C)COP(=O)(OC)OC(COP(=O)(OC)OC(COP(=O)(OC)OC(CC)CC)COP(=O)(OC)OC(CC)CC)COP(=O)(OC)OC(COP(=O)(OC)OC(CC)CC)COP(=O)(OC)OC(CC)CC. The molecule has 0 aliphatic rings. The van der Waals surface area contributed by atoms with E-state index in [1.807, 2.05) is 0 Å². The Morgan fingerprint density at radius 3 is 0.260 bits per heavy atom. The van der Waals surface area contributed by atoms with Crippen LogP contribution in [0.15, 0.2) is 0 Å². The van der Waals surface area contributed by atoms with Crippen molar-refractivity contribution in [3.05, 3.63) is 0 Å². The van der Waals surface area contributed by atoms with Gasteiger partial charge in [-0.2, -0.15) is 0 Å². The van der Waals surface area contributed by atoms with Gasteiger partial charge in [-0.05, 0) is 103 Å². The average Bonchev–Trinajstić information content (AvgIpc) is 0.818. The van der Waals surface area contributed by atoms with Crippen LogP contribution in [-0.4, -0.2) is 277 Å². The predicted octanol–water partition coefficient (Wildman–Crippen LogP) is 24.4. The monoisotopic (exact) mass is 2410 g/mol. The summed E-state index contributed by atoms with van der Waals surface area (Å²) in [5.74, 6) is -1.22. The lowest BCUT2D eigenvalue weighted by atomic mass is 10.2. The maximum atomic E-state index is 15.2. The molecule has 0 aromatic carbocycles. The summed E-state index contributed by atoms with van der Waals surface area (Å²) < 4.78 is 437. The zero-order chi connectivity index (χ0) is 112. The molecule has 0 saturated carbocycles. The molecule has 0 bridgehead atoms. The summed E-state index contributed by atoms with van der Waals surface area (Å²) in [5, 5.41) is 0. The Morgan fingerprint density at radius 2 is 0.192 bits per heavy atom. The van der Waals surface area contributed by atoms with E-state index in [4.69, 9.17) is 190 Å². The molecular weight excluding hydrogens is 2240 g/mol. The predicted molar refractivity (Wildman–Crippen MR) is 530 cm³/mol. The van der Waals surface area contributed by atoms with Gasteiger partial charge in [-0.25, -0.2) is 63.9 Å². The Kier molecular flexibility index (Phi) is 76.5. The Balaban J connectivity index is 8.88. The largest absolute Gasteiger partial charge is 0.475 e. The van der Waals surface area contributed by atoms with E-state index >= 15 is 27.4 Å². The van der Waals surface area contributed by atoms with Gasteiger partial charge in [0.05, 0.1) is 141 Å². The zero-order valence-corrected chi connectivity index (χ0v) is 103. The molecule has 56 nitrogen and oxygen atoms in total. The molecule has 0 aromatic heterocycles. The van der Waals surface area contributed by atoms with Crippen molar-refractivity contribution in [2.75, 3.05) is 192 Å². The van der Waals surface area contributed by atoms with Crippen LogP contribution in [0.5, 0.6) is 0 Å². The van der Waals surface area contributed by atoms with Crippen LogP contribution in [0.4, 0.5) is 0 Å². The van der Waals surface area contributed by atoms with E-state index in [9.17, 15) is 36.5 Å². The van der Waals surface area contributed by atoms with Crippen LogP contribution in [-0.2, 0) is 254 Å². The summed E-state index contributed by atoms with van der Waals surface area (Å²) in [7, 11) is -55.1. The average molecular weight is 2410 g/mol. The van der Waals surface area contributed by atoms with E-state index in [2.05, 4.69) is 0 Å². The van der Waals surface area contributed by atoms with Crippen molar-refractivity contribution >= 4 is 110 Å². The van der Waals surface area contributed by atoms with E-state index in [-0.39, 0.29) is 0 Å². The lowest BCUT2D eigenvalue weighted by Gasteiger charge is -2.29. The molecule has 0 saturated heterocycles. The van der Waals surface area contributed by atoms with Crippen molar-refractivity contribution in [3.8, 4) is 0 Å². The first-order valence-electron chi connectivity index (χ1n) is 47.4. The van der Waals surface area contributed by atoms with Gasteiger partial charge in [-0.1, -0.05) is 118 Å². The molecule has 0 rings (SSSR count). The quantitative estimate of drug-likeness (QED) is 0.0510. The van der Waals surface area contributed by atoms with Crippen LogP contribution in [0.25, 0.3) is 0 Å². The lowest BCUT2D eigenvalue weighted by Crippen LogP contribution is -2.29. The summed E-state index contributed by atoms with van der Waals surface area (Å²) in [5.41, 5.74) is 0. The molecule has 0 aliphatic heterocycles. The Bertz CT molecular complexity index is 3560. The standard InChI is InChI=1S/C76H168O56P14/c1-32-63(33-2)119-135(79,93-20)107-50-73(51-108-136(80,94-21)120-64(34-3)35-4)129-143(87,101-28)115-58-71(59-116-144(88,102-29)130-74(52-109-137(81,95-22)121-65(36-5)37-6)53-110-138(82,96-23)122-66(38-7)39-8)127-133(77,91-18)105-48-62(17)49-106-134(78,92-19)128-72(60-117-145(89,103-30)131-75(54-111-139(83,97-24)123-67(40-9)41-10)55-112-140(84,98-25)124-68(42-11)43-12)61-118-146(90,104-31)132-76(56-113-141(85,99-26)125-69(44-13)45-14)57-114-142(86,100-27)126-70(46-15)47-16/h62-76H,32-61H2,1-31H3. The highest BCUT2D eigenvalue weighted by atomic mass is 31.2. The minimum atomic E-state index is -5.29. The topological polar surface area (TPSA) is 627 Å². The number of rotatable bonds is 100. The highest BCUT2D eigenvalue weighted by Crippen LogP contribution is 2.64. The second kappa shape index (κ2) is 75.7. The third kappa shape index (κ3) is 57.7. The molecule has 0 aromatic rings. The van der Waals surface area contributed by atoms with Gasteiger partial charge in [-0.3, -0.25) is 190 Å². The number of phosphoric acid groups is 14. The van der Waals surface area contributed by atoms with Gasteiger partial charge in [0.15, 0.2) is 0 Å². The van der Waals surface area contributed by atoms with Gasteiger partial charge < -0.3 is 0 Å². The van der Waals surface area contributed by atoms with Crippen LogP contribution < -0.4 is 0 Å². The fourth-order valence-corrected chi connectivity index (χ4v) is 27.9. The van der Waals surface area contributed by atoms with Crippen LogP contribution in [0.2, 0.25) is 0 Å². The van der Waals surface area contributed by atoms with E-state index in [1.165, 1.54) is 6.92 Å². The Morgan fingerprint density at radius 1 is 0.123 bits per heavy atom. The molecule has 0 radical (unpaired) electrons. The molecule has 0 aliphatic carbocycles. The molecule has 0 amide bonds. The first-order valence-corrected chi connectivity index (χ1v) is 67.9. The molecule has 14 unspecified atom stereocenters. The van der Waals surface area contributed by atoms with Crippen LogP contribution in [0, 0.1) is 5.92 Å². The molecule has 0 heterocycles. The van der Waals surface area contributed by atoms with Crippen molar-refractivity contribution in [1.82, 2.24) is 0 Å². The van der Waals surface area contributed by atoms with Crippen molar-refractivity contribution < 1.29 is 254 Å². The van der Waals surface area contributed by atoms with Crippen molar-refractivity contribution in [3.63, 3.8) is 0 Å². The molecule has 0 fully saturated rings. The van der Waals surface area contributed by atoms with E-state index in [0.717, 1.165) is 99.5 Å². The summed E-state index contributed by atoms with van der Waals surface area (Å²) in [6.07, 6.45) is -11.9. The molecular formula is C76H168O56P14. The summed E-state index contributed by atoms with van der Waals surface area (Å²) >= 11 is 0. The van der Waals surface area contributed by atoms with Crippen LogP contribution >= 0.6 is 110 Å². The maximum Gasteiger partial charge on any atom is 0.475 e. The molecule has 0 N–H and O–H groups in total. The van der Waals surface area contributed by atoms with E-state index in [1.54, 1.807) is 111 Å². The van der Waals surface area contributed by atoms with Gasteiger partial charge in [-0.15, -0.1) is 0 Å². The molecule has 14 atom stereocenters. The van der Waals surface area contributed by atoms with Gasteiger partial charge >= 0.3 is 110 Å². The lowest BCUT2D eigenvalue weighted by molar-refractivity contribution is -0.0225. The fourth-order valence-electron chi connectivity index (χ4n) is 11.1. The molecule has 146 heavy (non-hydrogen) atoms. The third-order valence-electron chi connectivity index (χ3n) is 20.4. The minimum absolute atomic E-state index is 0.327. The smallest absolute Gasteiger partial charge is 0.290 e. The van der Waals surface area contributed by atoms with Crippen LogP contribution in [0.1, 0.15) is 220 Å². The highest BCUT2D eigenvalue weighted by molar-refractivity contribution is 7.52. The van der Waals surface area contributed by atoms with Crippen LogP contribution in [0.3, 0.4) is 0 Å². The van der Waals surface area contributed by atoms with Crippen molar-refractivity contribution in [1.29, 1.82) is 0 Å². The summed E-state index contributed by atoms with van der Waals surface area (Å²) in [6, 6.07) is 0. The van der Waals surface area contributed by atoms with Crippen molar-refractivity contribution in [2.24, 2.45) is 5.92 Å². The van der Waals surface area contributed by atoms with Gasteiger partial charge in [0.1, 0.15) is 36.6 Å². The van der Waals surface area contributed by atoms with Gasteiger partial charge in [0.25, 0.3) is 0 Å². The summed E-state index contributed by atoms with van der Waals surface area (Å²) in [4.78, 5) is 0. The summed E-state index contributed by atoms with van der Waals surface area (Å²) in [6.45, 7) is 14.7. The molecule has 878 valence electrons. The fraction of sp³-hybridized carbons (Fsp3) is 1.00. The minimum Gasteiger partial charge on any atom is -0.290 e.